The number of aliphatic hydroxyl groups is 1. The van der Waals surface area contributed by atoms with Crippen molar-refractivity contribution in [2.24, 2.45) is 0 Å². The van der Waals surface area contributed by atoms with Crippen molar-refractivity contribution in [1.82, 2.24) is 10.2 Å². The second-order valence-electron chi connectivity index (χ2n) is 3.22. The van der Waals surface area contributed by atoms with Crippen LogP contribution in [0.3, 0.4) is 0 Å². The number of nitrogens with zero attached hydrogens (tertiary/aromatic N) is 1. The Morgan fingerprint density at radius 2 is 2.07 bits per heavy atom. The fraction of sp³-hybridized carbons (Fsp3) is 0.857. The molecule has 0 spiro atoms. The second-order valence-corrected chi connectivity index (χ2v) is 3.22. The highest BCUT2D eigenvalue weighted by molar-refractivity contribution is 5.75. The van der Waals surface area contributed by atoms with Gasteiger partial charge in [-0.1, -0.05) is 0 Å². The van der Waals surface area contributed by atoms with Gasteiger partial charge < -0.3 is 15.3 Å². The minimum absolute atomic E-state index is 0.347. The Balaban J connectivity index is 2.47. The quantitative estimate of drug-likeness (QED) is 0.657. The Morgan fingerprint density at radius 1 is 1.57 bits per heavy atom. The molecule has 0 aromatic rings. The number of amides is 2. The number of β-amino-alcohol motifs (C(OH)–C–C–N with tert-alkyl or cyclic N) is 1. The number of hydrogen-bond donors (Lipinski definition) is 2. The van der Waals surface area contributed by atoms with Crippen LogP contribution in [0, 0.1) is 0 Å². The summed E-state index contributed by atoms with van der Waals surface area (Å²) in [4.78, 5) is 11.9. The minimum Gasteiger partial charge on any atom is -0.378 e. The number of likely N-dealkylation sites (tertiary alicyclic amines) is 1. The second kappa shape index (κ2) is 3.30. The average Bonchev–Trinajstić information content (AvgIpc) is 1.96. The molecule has 0 aliphatic carbocycles. The van der Waals surface area contributed by atoms with Crippen LogP contribution in [-0.4, -0.2) is 47.4 Å². The SMILES string of the molecule is CCNC(=O)N1CC(O)(C(F)(F)F)C1. The molecule has 1 fully saturated rings. The molecule has 2 N–H and O–H groups in total. The van der Waals surface area contributed by atoms with E-state index < -0.39 is 30.9 Å². The third-order valence-corrected chi connectivity index (χ3v) is 2.05. The van der Waals surface area contributed by atoms with Gasteiger partial charge in [0, 0.05) is 6.54 Å². The van der Waals surface area contributed by atoms with E-state index in [1.165, 1.54) is 0 Å². The van der Waals surface area contributed by atoms with E-state index >= 15 is 0 Å². The zero-order valence-corrected chi connectivity index (χ0v) is 7.56. The summed E-state index contributed by atoms with van der Waals surface area (Å²) in [6, 6.07) is -0.582. The first kappa shape index (κ1) is 11.1. The molecule has 0 aromatic carbocycles. The van der Waals surface area contributed by atoms with Crippen LogP contribution in [-0.2, 0) is 0 Å². The fourth-order valence-corrected chi connectivity index (χ4v) is 1.17. The van der Waals surface area contributed by atoms with Gasteiger partial charge >= 0.3 is 12.2 Å². The molecule has 0 atom stereocenters. The first-order valence-corrected chi connectivity index (χ1v) is 4.12. The van der Waals surface area contributed by atoms with Crippen molar-refractivity contribution in [3.05, 3.63) is 0 Å². The normalized spacial score (nSPS) is 20.2. The van der Waals surface area contributed by atoms with Gasteiger partial charge in [0.05, 0.1) is 13.1 Å². The van der Waals surface area contributed by atoms with Crippen LogP contribution in [0.4, 0.5) is 18.0 Å². The standard InChI is InChI=1S/C7H11F3N2O2/c1-2-11-5(13)12-3-6(14,4-12)7(8,9)10/h14H,2-4H2,1H3,(H,11,13). The maximum atomic E-state index is 12.1. The van der Waals surface area contributed by atoms with Gasteiger partial charge in [0.1, 0.15) is 0 Å². The maximum absolute atomic E-state index is 12.1. The van der Waals surface area contributed by atoms with E-state index in [1.54, 1.807) is 6.92 Å². The Hall–Kier alpha value is -0.980. The predicted octanol–water partition coefficient (Wildman–Crippen LogP) is 0.325. The Bertz CT molecular complexity index is 236. The Labute approximate surface area is 78.7 Å². The van der Waals surface area contributed by atoms with Crippen molar-refractivity contribution in [3.63, 3.8) is 0 Å². The number of hydrogen-bond acceptors (Lipinski definition) is 2. The lowest BCUT2D eigenvalue weighted by molar-refractivity contribution is -0.294. The molecule has 0 unspecified atom stereocenters. The van der Waals surface area contributed by atoms with E-state index in [-0.39, 0.29) is 0 Å². The summed E-state index contributed by atoms with van der Waals surface area (Å²) in [6.07, 6.45) is -4.67. The zero-order chi connectivity index (χ0) is 11.0. The molecule has 1 rings (SSSR count). The minimum atomic E-state index is -4.67. The van der Waals surface area contributed by atoms with E-state index in [4.69, 9.17) is 5.11 Å². The molecular formula is C7H11F3N2O2. The smallest absolute Gasteiger partial charge is 0.378 e. The first-order chi connectivity index (χ1) is 6.30. The van der Waals surface area contributed by atoms with Crippen molar-refractivity contribution in [2.75, 3.05) is 19.6 Å². The number of carbonyl (C=O) groups excluding carboxylic acids is 1. The summed E-state index contributed by atoms with van der Waals surface area (Å²) in [5.74, 6) is 0. The summed E-state index contributed by atoms with van der Waals surface area (Å²) in [7, 11) is 0. The summed E-state index contributed by atoms with van der Waals surface area (Å²) < 4.78 is 36.3. The molecule has 0 radical (unpaired) electrons. The van der Waals surface area contributed by atoms with E-state index in [1.807, 2.05) is 0 Å². The molecular weight excluding hydrogens is 201 g/mol. The molecule has 14 heavy (non-hydrogen) atoms. The van der Waals surface area contributed by atoms with E-state index in [0.29, 0.717) is 6.54 Å². The maximum Gasteiger partial charge on any atom is 0.420 e. The summed E-state index contributed by atoms with van der Waals surface area (Å²) in [5.41, 5.74) is -2.72. The molecule has 1 heterocycles. The molecule has 0 saturated carbocycles. The lowest BCUT2D eigenvalue weighted by atomic mass is 9.94. The summed E-state index contributed by atoms with van der Waals surface area (Å²) in [6.45, 7) is 0.623. The number of carbonyl (C=O) groups is 1. The van der Waals surface area contributed by atoms with Gasteiger partial charge in [-0.3, -0.25) is 0 Å². The molecule has 0 bridgehead atoms. The molecule has 2 amide bonds. The first-order valence-electron chi connectivity index (χ1n) is 4.12. The van der Waals surface area contributed by atoms with Crippen molar-refractivity contribution in [1.29, 1.82) is 0 Å². The van der Waals surface area contributed by atoms with Crippen molar-refractivity contribution < 1.29 is 23.1 Å². The largest absolute Gasteiger partial charge is 0.420 e. The molecule has 1 aliphatic heterocycles. The highest BCUT2D eigenvalue weighted by atomic mass is 19.4. The van der Waals surface area contributed by atoms with Crippen LogP contribution < -0.4 is 5.32 Å². The van der Waals surface area contributed by atoms with E-state index in [2.05, 4.69) is 5.32 Å². The van der Waals surface area contributed by atoms with E-state index in [0.717, 1.165) is 4.90 Å². The van der Waals surface area contributed by atoms with Gasteiger partial charge in [0.2, 0.25) is 0 Å². The molecule has 7 heteroatoms. The molecule has 1 aliphatic rings. The summed E-state index contributed by atoms with van der Waals surface area (Å²) in [5, 5.41) is 11.3. The molecule has 1 saturated heterocycles. The highest BCUT2D eigenvalue weighted by Gasteiger charge is 2.62. The summed E-state index contributed by atoms with van der Waals surface area (Å²) >= 11 is 0. The van der Waals surface area contributed by atoms with Crippen molar-refractivity contribution >= 4 is 6.03 Å². The molecule has 82 valence electrons. The highest BCUT2D eigenvalue weighted by Crippen LogP contribution is 2.37. The lowest BCUT2D eigenvalue weighted by Crippen LogP contribution is -2.71. The van der Waals surface area contributed by atoms with Gasteiger partial charge in [0.25, 0.3) is 0 Å². The van der Waals surface area contributed by atoms with Crippen molar-refractivity contribution in [3.8, 4) is 0 Å². The molecule has 4 nitrogen and oxygen atoms in total. The van der Waals surface area contributed by atoms with Gasteiger partial charge in [0.15, 0.2) is 5.60 Å². The van der Waals surface area contributed by atoms with Crippen LogP contribution >= 0.6 is 0 Å². The van der Waals surface area contributed by atoms with Crippen LogP contribution in [0.2, 0.25) is 0 Å². The van der Waals surface area contributed by atoms with Gasteiger partial charge in [-0.25, -0.2) is 4.79 Å². The average molecular weight is 212 g/mol. The number of urea groups is 1. The lowest BCUT2D eigenvalue weighted by Gasteiger charge is -2.46. The number of halogens is 3. The van der Waals surface area contributed by atoms with Gasteiger partial charge in [-0.05, 0) is 6.92 Å². The predicted molar refractivity (Wildman–Crippen MR) is 41.7 cm³/mol. The number of alkyl halides is 3. The number of rotatable bonds is 1. The van der Waals surface area contributed by atoms with Gasteiger partial charge in [-0.15, -0.1) is 0 Å². The Morgan fingerprint density at radius 3 is 2.43 bits per heavy atom. The topological polar surface area (TPSA) is 52.6 Å². The third-order valence-electron chi connectivity index (χ3n) is 2.05. The monoisotopic (exact) mass is 212 g/mol. The van der Waals surface area contributed by atoms with Crippen LogP contribution in [0.15, 0.2) is 0 Å². The Kier molecular flexibility index (Phi) is 2.62. The van der Waals surface area contributed by atoms with Crippen LogP contribution in [0.25, 0.3) is 0 Å². The van der Waals surface area contributed by atoms with Crippen LogP contribution in [0.5, 0.6) is 0 Å². The fourth-order valence-electron chi connectivity index (χ4n) is 1.17. The van der Waals surface area contributed by atoms with E-state index in [9.17, 15) is 18.0 Å². The van der Waals surface area contributed by atoms with Crippen LogP contribution in [0.1, 0.15) is 6.92 Å². The van der Waals surface area contributed by atoms with Gasteiger partial charge in [-0.2, -0.15) is 13.2 Å². The van der Waals surface area contributed by atoms with Crippen molar-refractivity contribution in [2.45, 2.75) is 18.7 Å². The third kappa shape index (κ3) is 1.77. The number of nitrogens with one attached hydrogen (secondary N) is 1. The molecule has 0 aromatic heterocycles. The zero-order valence-electron chi connectivity index (χ0n) is 7.56.